The summed E-state index contributed by atoms with van der Waals surface area (Å²) in [6.45, 7) is 0. The molecule has 0 aliphatic heterocycles. The van der Waals surface area contributed by atoms with E-state index >= 15 is 0 Å². The van der Waals surface area contributed by atoms with Gasteiger partial charge in [-0.3, -0.25) is 4.79 Å². The van der Waals surface area contributed by atoms with Crippen LogP contribution in [0.15, 0.2) is 115 Å². The summed E-state index contributed by atoms with van der Waals surface area (Å²) in [7, 11) is 0. The van der Waals surface area contributed by atoms with Crippen LogP contribution in [0.5, 0.6) is 0 Å². The lowest BCUT2D eigenvalue weighted by Crippen LogP contribution is -2.16. The van der Waals surface area contributed by atoms with Crippen LogP contribution in [0.2, 0.25) is 0 Å². The fraction of sp³-hybridized carbons (Fsp3) is 0.100. The molecule has 2 nitrogen and oxygen atoms in total. The third kappa shape index (κ3) is 3.76. The van der Waals surface area contributed by atoms with Crippen molar-refractivity contribution in [1.82, 2.24) is 0 Å². The first-order valence-electron chi connectivity index (χ1n) is 11.0. The summed E-state index contributed by atoms with van der Waals surface area (Å²) in [6.07, 6.45) is 0.487. The van der Waals surface area contributed by atoms with Gasteiger partial charge in [-0.1, -0.05) is 115 Å². The van der Waals surface area contributed by atoms with Gasteiger partial charge >= 0.3 is 5.97 Å². The van der Waals surface area contributed by atoms with Crippen LogP contribution in [0.3, 0.4) is 0 Å². The second-order valence-corrected chi connectivity index (χ2v) is 8.23. The standard InChI is InChI=1S/C30H24O2/c31-30(32)28(23-10-2-1-3-11-23)20-29(26-18-8-14-21-12-4-6-16-24(21)26)27-19-9-15-22-13-5-7-17-25(22)27/h1-19,28-29H,20H2,(H,31,32). The minimum atomic E-state index is -0.790. The zero-order valence-electron chi connectivity index (χ0n) is 17.7. The number of rotatable bonds is 6. The largest absolute Gasteiger partial charge is 0.481 e. The predicted octanol–water partition coefficient (Wildman–Crippen LogP) is 7.38. The molecule has 0 aromatic heterocycles. The van der Waals surface area contributed by atoms with Crippen LogP contribution in [0.1, 0.15) is 34.9 Å². The van der Waals surface area contributed by atoms with Crippen molar-refractivity contribution in [3.63, 3.8) is 0 Å². The lowest BCUT2D eigenvalue weighted by Gasteiger charge is -2.25. The Kier molecular flexibility index (Phi) is 5.43. The van der Waals surface area contributed by atoms with Gasteiger partial charge in [0.1, 0.15) is 0 Å². The van der Waals surface area contributed by atoms with E-state index in [0.717, 1.165) is 5.56 Å². The molecule has 1 unspecified atom stereocenters. The predicted molar refractivity (Wildman–Crippen MR) is 131 cm³/mol. The van der Waals surface area contributed by atoms with Crippen LogP contribution >= 0.6 is 0 Å². The van der Waals surface area contributed by atoms with Gasteiger partial charge in [-0.05, 0) is 44.7 Å². The van der Waals surface area contributed by atoms with Crippen LogP contribution < -0.4 is 0 Å². The van der Waals surface area contributed by atoms with Gasteiger partial charge in [-0.25, -0.2) is 0 Å². The zero-order valence-corrected chi connectivity index (χ0v) is 17.7. The van der Waals surface area contributed by atoms with E-state index in [1.165, 1.54) is 32.7 Å². The van der Waals surface area contributed by atoms with Gasteiger partial charge in [0.05, 0.1) is 5.92 Å². The number of carboxylic acids is 1. The molecule has 0 aliphatic rings. The minimum absolute atomic E-state index is 0.0616. The van der Waals surface area contributed by atoms with E-state index in [-0.39, 0.29) is 5.92 Å². The van der Waals surface area contributed by atoms with Gasteiger partial charge in [0.15, 0.2) is 0 Å². The van der Waals surface area contributed by atoms with Crippen LogP contribution in [-0.4, -0.2) is 11.1 Å². The molecule has 2 heteroatoms. The van der Waals surface area contributed by atoms with Crippen molar-refractivity contribution < 1.29 is 9.90 Å². The molecule has 5 rings (SSSR count). The van der Waals surface area contributed by atoms with Gasteiger partial charge in [0.2, 0.25) is 0 Å². The molecule has 0 bridgehead atoms. The number of aliphatic carboxylic acids is 1. The molecule has 0 saturated heterocycles. The first-order valence-corrected chi connectivity index (χ1v) is 11.0. The minimum Gasteiger partial charge on any atom is -0.481 e. The summed E-state index contributed by atoms with van der Waals surface area (Å²) < 4.78 is 0. The van der Waals surface area contributed by atoms with Crippen LogP contribution in [0.4, 0.5) is 0 Å². The molecule has 0 aliphatic carbocycles. The molecule has 32 heavy (non-hydrogen) atoms. The molecule has 0 saturated carbocycles. The normalized spacial score (nSPS) is 12.3. The van der Waals surface area contributed by atoms with Crippen molar-refractivity contribution in [3.05, 3.63) is 132 Å². The van der Waals surface area contributed by atoms with Crippen LogP contribution in [0.25, 0.3) is 21.5 Å². The molecule has 1 N–H and O–H groups in total. The number of carbonyl (C=O) groups is 1. The Labute approximate surface area is 187 Å². The van der Waals surface area contributed by atoms with E-state index in [2.05, 4.69) is 72.8 Å². The average molecular weight is 417 g/mol. The summed E-state index contributed by atoms with van der Waals surface area (Å²) in [6, 6.07) is 39.0. The Morgan fingerprint density at radius 2 is 1.06 bits per heavy atom. The Hall–Kier alpha value is -3.91. The maximum Gasteiger partial charge on any atom is 0.311 e. The maximum absolute atomic E-state index is 12.4. The van der Waals surface area contributed by atoms with Gasteiger partial charge in [-0.15, -0.1) is 0 Å². The first kappa shape index (κ1) is 20.0. The zero-order chi connectivity index (χ0) is 21.9. The fourth-order valence-corrected chi connectivity index (χ4v) is 4.83. The molecule has 5 aromatic rings. The number of fused-ring (bicyclic) bond motifs is 2. The summed E-state index contributed by atoms with van der Waals surface area (Å²) in [5, 5.41) is 14.9. The topological polar surface area (TPSA) is 37.3 Å². The molecule has 0 amide bonds. The maximum atomic E-state index is 12.4. The second kappa shape index (κ2) is 8.68. The van der Waals surface area contributed by atoms with Crippen molar-refractivity contribution in [3.8, 4) is 0 Å². The van der Waals surface area contributed by atoms with Gasteiger partial charge in [0, 0.05) is 5.92 Å². The highest BCUT2D eigenvalue weighted by Crippen LogP contribution is 2.40. The molecular weight excluding hydrogens is 392 g/mol. The Morgan fingerprint density at radius 3 is 1.59 bits per heavy atom. The number of benzene rings is 5. The smallest absolute Gasteiger partial charge is 0.311 e. The molecule has 0 fully saturated rings. The Morgan fingerprint density at radius 1 is 0.594 bits per heavy atom. The van der Waals surface area contributed by atoms with Crippen molar-refractivity contribution in [2.24, 2.45) is 0 Å². The molecule has 0 spiro atoms. The van der Waals surface area contributed by atoms with E-state index in [0.29, 0.717) is 6.42 Å². The molecule has 0 heterocycles. The molecule has 5 aromatic carbocycles. The first-order chi connectivity index (χ1) is 15.7. The monoisotopic (exact) mass is 416 g/mol. The van der Waals surface area contributed by atoms with Crippen molar-refractivity contribution in [2.75, 3.05) is 0 Å². The lowest BCUT2D eigenvalue weighted by molar-refractivity contribution is -0.139. The van der Waals surface area contributed by atoms with Gasteiger partial charge < -0.3 is 5.11 Å². The van der Waals surface area contributed by atoms with Crippen LogP contribution in [-0.2, 0) is 4.79 Å². The Bertz CT molecular complexity index is 1300. The highest BCUT2D eigenvalue weighted by atomic mass is 16.4. The molecule has 0 radical (unpaired) electrons. The summed E-state index contributed by atoms with van der Waals surface area (Å²) in [5.74, 6) is -1.45. The average Bonchev–Trinajstić information content (AvgIpc) is 2.85. The molecular formula is C30H24O2. The fourth-order valence-electron chi connectivity index (χ4n) is 4.83. The van der Waals surface area contributed by atoms with E-state index in [1.807, 2.05) is 42.5 Å². The Balaban J connectivity index is 1.73. The SMILES string of the molecule is O=C(O)C(CC(c1cccc2ccccc12)c1cccc2ccccc12)c1ccccc1. The molecule has 156 valence electrons. The van der Waals surface area contributed by atoms with Crippen molar-refractivity contribution in [2.45, 2.75) is 18.3 Å². The van der Waals surface area contributed by atoms with Gasteiger partial charge in [-0.2, -0.15) is 0 Å². The second-order valence-electron chi connectivity index (χ2n) is 8.23. The highest BCUT2D eigenvalue weighted by Gasteiger charge is 2.28. The van der Waals surface area contributed by atoms with E-state index in [4.69, 9.17) is 0 Å². The highest BCUT2D eigenvalue weighted by molar-refractivity contribution is 5.90. The number of carboxylic acid groups (broad SMARTS) is 1. The quantitative estimate of drug-likeness (QED) is 0.313. The van der Waals surface area contributed by atoms with E-state index in [9.17, 15) is 9.90 Å². The van der Waals surface area contributed by atoms with Crippen molar-refractivity contribution in [1.29, 1.82) is 0 Å². The van der Waals surface area contributed by atoms with E-state index in [1.54, 1.807) is 0 Å². The van der Waals surface area contributed by atoms with Gasteiger partial charge in [0.25, 0.3) is 0 Å². The number of hydrogen-bond donors (Lipinski definition) is 1. The molecule has 1 atom stereocenters. The summed E-state index contributed by atoms with van der Waals surface area (Å²) >= 11 is 0. The lowest BCUT2D eigenvalue weighted by atomic mass is 9.78. The van der Waals surface area contributed by atoms with Crippen molar-refractivity contribution >= 4 is 27.5 Å². The number of hydrogen-bond acceptors (Lipinski definition) is 1. The third-order valence-electron chi connectivity index (χ3n) is 6.37. The third-order valence-corrected chi connectivity index (χ3v) is 6.37. The summed E-state index contributed by atoms with van der Waals surface area (Å²) in [5.41, 5.74) is 3.17. The van der Waals surface area contributed by atoms with E-state index < -0.39 is 11.9 Å². The van der Waals surface area contributed by atoms with Crippen LogP contribution in [0, 0.1) is 0 Å². The summed E-state index contributed by atoms with van der Waals surface area (Å²) in [4.78, 5) is 12.4.